The second kappa shape index (κ2) is 6.89. The van der Waals surface area contributed by atoms with Gasteiger partial charge in [0.2, 0.25) is 0 Å². The first-order valence-corrected chi connectivity index (χ1v) is 8.31. The van der Waals surface area contributed by atoms with E-state index in [1.165, 1.54) is 12.1 Å². The molecule has 1 saturated heterocycles. The second-order valence-corrected chi connectivity index (χ2v) is 6.54. The number of nitrogens with one attached hydrogen (secondary N) is 1. The van der Waals surface area contributed by atoms with E-state index >= 15 is 0 Å². The van der Waals surface area contributed by atoms with Crippen molar-refractivity contribution >= 4 is 17.3 Å². The molecular formula is C17H22ClFN4. The van der Waals surface area contributed by atoms with Gasteiger partial charge < -0.3 is 10.2 Å². The van der Waals surface area contributed by atoms with Crippen molar-refractivity contribution < 1.29 is 4.39 Å². The van der Waals surface area contributed by atoms with Crippen LogP contribution >= 0.6 is 11.6 Å². The van der Waals surface area contributed by atoms with Crippen molar-refractivity contribution in [2.24, 2.45) is 13.0 Å². The van der Waals surface area contributed by atoms with Crippen LogP contribution in [0.15, 0.2) is 24.3 Å². The van der Waals surface area contributed by atoms with Gasteiger partial charge in [-0.15, -0.1) is 0 Å². The van der Waals surface area contributed by atoms with Gasteiger partial charge >= 0.3 is 0 Å². The zero-order valence-electron chi connectivity index (χ0n) is 13.5. The summed E-state index contributed by atoms with van der Waals surface area (Å²) in [6, 6.07) is 6.75. The highest BCUT2D eigenvalue weighted by Gasteiger charge is 2.22. The lowest BCUT2D eigenvalue weighted by molar-refractivity contribution is 0.516. The van der Waals surface area contributed by atoms with Gasteiger partial charge in [-0.25, -0.2) is 4.39 Å². The predicted molar refractivity (Wildman–Crippen MR) is 91.4 cm³/mol. The Bertz CT molecular complexity index is 668. The summed E-state index contributed by atoms with van der Waals surface area (Å²) in [5, 5.41) is 8.52. The molecule has 2 heterocycles. The van der Waals surface area contributed by atoms with Crippen molar-refractivity contribution in [1.29, 1.82) is 0 Å². The molecule has 1 N–H and O–H groups in total. The van der Waals surface area contributed by atoms with E-state index < -0.39 is 0 Å². The molecule has 1 aromatic heterocycles. The van der Waals surface area contributed by atoms with E-state index in [4.69, 9.17) is 11.6 Å². The lowest BCUT2D eigenvalue weighted by atomic mass is 10.1. The Morgan fingerprint density at radius 1 is 1.35 bits per heavy atom. The molecule has 0 aliphatic carbocycles. The molecule has 23 heavy (non-hydrogen) atoms. The van der Waals surface area contributed by atoms with Gasteiger partial charge in [0.25, 0.3) is 0 Å². The van der Waals surface area contributed by atoms with Crippen LogP contribution in [0.4, 0.5) is 10.1 Å². The number of rotatable bonds is 5. The fraction of sp³-hybridized carbons (Fsp3) is 0.471. The lowest BCUT2D eigenvalue weighted by Gasteiger charge is -2.18. The van der Waals surface area contributed by atoms with Crippen LogP contribution in [0.25, 0.3) is 0 Å². The molecule has 124 valence electrons. The van der Waals surface area contributed by atoms with Crippen molar-refractivity contribution in [3.05, 3.63) is 46.5 Å². The largest absolute Gasteiger partial charge is 0.371 e. The Balaban J connectivity index is 1.49. The third-order valence-electron chi connectivity index (χ3n) is 4.48. The first-order valence-electron chi connectivity index (χ1n) is 7.94. The Morgan fingerprint density at radius 2 is 2.09 bits per heavy atom. The zero-order chi connectivity index (χ0) is 16.4. The SMILES string of the molecule is Cc1nn(C)c(Cl)c1CNC[C@@H]1CCN(c2ccc(F)cc2)C1. The molecule has 1 fully saturated rings. The molecular weight excluding hydrogens is 315 g/mol. The minimum atomic E-state index is -0.185. The summed E-state index contributed by atoms with van der Waals surface area (Å²) in [5.74, 6) is 0.408. The van der Waals surface area contributed by atoms with Crippen LogP contribution in [0.3, 0.4) is 0 Å². The summed E-state index contributed by atoms with van der Waals surface area (Å²) < 4.78 is 14.7. The van der Waals surface area contributed by atoms with Crippen LogP contribution in [0.5, 0.6) is 0 Å². The first-order chi connectivity index (χ1) is 11.0. The maximum Gasteiger partial charge on any atom is 0.131 e. The molecule has 1 aliphatic rings. The molecule has 0 spiro atoms. The fourth-order valence-corrected chi connectivity index (χ4v) is 3.40. The second-order valence-electron chi connectivity index (χ2n) is 6.19. The standard InChI is InChI=1S/C17H22ClFN4/c1-12-16(17(18)22(2)21-12)10-20-9-13-7-8-23(11-13)15-5-3-14(19)4-6-15/h3-6,13,20H,7-11H2,1-2H3/t13-/m0/s1. The van der Waals surface area contributed by atoms with Crippen LogP contribution in [-0.4, -0.2) is 29.4 Å². The number of benzene rings is 1. The number of aryl methyl sites for hydroxylation is 2. The van der Waals surface area contributed by atoms with Crippen LogP contribution in [0.2, 0.25) is 5.15 Å². The maximum absolute atomic E-state index is 13.0. The van der Waals surface area contributed by atoms with Gasteiger partial charge in [0.15, 0.2) is 0 Å². The van der Waals surface area contributed by atoms with Gasteiger partial charge in [0, 0.05) is 44.5 Å². The van der Waals surface area contributed by atoms with Gasteiger partial charge in [-0.1, -0.05) is 11.6 Å². The number of hydrogen-bond donors (Lipinski definition) is 1. The molecule has 0 radical (unpaired) electrons. The van der Waals surface area contributed by atoms with Crippen molar-refractivity contribution in [3.8, 4) is 0 Å². The summed E-state index contributed by atoms with van der Waals surface area (Å²) in [6.45, 7) is 5.69. The average Bonchev–Trinajstić information content (AvgIpc) is 3.08. The molecule has 0 amide bonds. The summed E-state index contributed by atoms with van der Waals surface area (Å²) in [7, 11) is 1.86. The van der Waals surface area contributed by atoms with Gasteiger partial charge in [-0.2, -0.15) is 5.10 Å². The zero-order valence-corrected chi connectivity index (χ0v) is 14.3. The quantitative estimate of drug-likeness (QED) is 0.910. The molecule has 0 bridgehead atoms. The topological polar surface area (TPSA) is 33.1 Å². The molecule has 1 aliphatic heterocycles. The van der Waals surface area contributed by atoms with Crippen molar-refractivity contribution in [3.63, 3.8) is 0 Å². The molecule has 6 heteroatoms. The maximum atomic E-state index is 13.0. The highest BCUT2D eigenvalue weighted by atomic mass is 35.5. The minimum Gasteiger partial charge on any atom is -0.371 e. The van der Waals surface area contributed by atoms with Crippen molar-refractivity contribution in [2.75, 3.05) is 24.5 Å². The summed E-state index contributed by atoms with van der Waals surface area (Å²) >= 11 is 6.25. The molecule has 1 atom stereocenters. The fourth-order valence-electron chi connectivity index (χ4n) is 3.16. The van der Waals surface area contributed by atoms with E-state index in [-0.39, 0.29) is 5.82 Å². The summed E-state index contributed by atoms with van der Waals surface area (Å²) in [6.07, 6.45) is 1.14. The third kappa shape index (κ3) is 3.67. The van der Waals surface area contributed by atoms with Crippen LogP contribution in [0.1, 0.15) is 17.7 Å². The number of halogens is 2. The van der Waals surface area contributed by atoms with Crippen molar-refractivity contribution in [1.82, 2.24) is 15.1 Å². The molecule has 4 nitrogen and oxygen atoms in total. The first kappa shape index (κ1) is 16.3. The molecule has 1 aromatic carbocycles. The lowest BCUT2D eigenvalue weighted by Crippen LogP contribution is -2.26. The van der Waals surface area contributed by atoms with Crippen molar-refractivity contribution in [2.45, 2.75) is 19.9 Å². The highest BCUT2D eigenvalue weighted by Crippen LogP contribution is 2.24. The normalized spacial score (nSPS) is 17.9. The van der Waals surface area contributed by atoms with Crippen LogP contribution in [-0.2, 0) is 13.6 Å². The van der Waals surface area contributed by atoms with Crippen LogP contribution < -0.4 is 10.2 Å². The van der Waals surface area contributed by atoms with Gasteiger partial charge in [-0.3, -0.25) is 4.68 Å². The van der Waals surface area contributed by atoms with Gasteiger partial charge in [-0.05, 0) is 43.5 Å². The van der Waals surface area contributed by atoms with E-state index in [2.05, 4.69) is 15.3 Å². The van der Waals surface area contributed by atoms with E-state index in [0.29, 0.717) is 11.1 Å². The molecule has 2 aromatic rings. The molecule has 3 rings (SSSR count). The smallest absolute Gasteiger partial charge is 0.131 e. The Morgan fingerprint density at radius 3 is 2.74 bits per heavy atom. The molecule has 0 unspecified atom stereocenters. The van der Waals surface area contributed by atoms with E-state index in [0.717, 1.165) is 49.5 Å². The number of anilines is 1. The van der Waals surface area contributed by atoms with E-state index in [1.54, 1.807) is 4.68 Å². The summed E-state index contributed by atoms with van der Waals surface area (Å²) in [4.78, 5) is 2.31. The highest BCUT2D eigenvalue weighted by molar-refractivity contribution is 6.30. The Hall–Kier alpha value is -1.59. The number of hydrogen-bond acceptors (Lipinski definition) is 3. The minimum absolute atomic E-state index is 0.185. The van der Waals surface area contributed by atoms with Gasteiger partial charge in [0.05, 0.1) is 5.69 Å². The number of aromatic nitrogens is 2. The predicted octanol–water partition coefficient (Wildman–Crippen LogP) is 3.14. The van der Waals surface area contributed by atoms with Crippen LogP contribution in [0, 0.1) is 18.7 Å². The Labute approximate surface area is 141 Å². The Kier molecular flexibility index (Phi) is 4.87. The average molecular weight is 337 g/mol. The number of nitrogens with zero attached hydrogens (tertiary/aromatic N) is 3. The van der Waals surface area contributed by atoms with E-state index in [1.807, 2.05) is 26.1 Å². The third-order valence-corrected chi connectivity index (χ3v) is 4.96. The van der Waals surface area contributed by atoms with E-state index in [9.17, 15) is 4.39 Å². The summed E-state index contributed by atoms with van der Waals surface area (Å²) in [5.41, 5.74) is 3.15. The van der Waals surface area contributed by atoms with Gasteiger partial charge in [0.1, 0.15) is 11.0 Å². The monoisotopic (exact) mass is 336 g/mol. The molecule has 0 saturated carbocycles.